The van der Waals surface area contributed by atoms with Crippen LogP contribution in [0.4, 0.5) is 22.9 Å². The van der Waals surface area contributed by atoms with E-state index in [4.69, 9.17) is 24.7 Å². The van der Waals surface area contributed by atoms with Crippen LogP contribution >= 0.6 is 0 Å². The Balaban J connectivity index is 0.685. The minimum absolute atomic E-state index is 0.0497. The van der Waals surface area contributed by atoms with E-state index < -0.39 is 39.5 Å². The lowest BCUT2D eigenvalue weighted by Gasteiger charge is -2.36. The first kappa shape index (κ1) is 49.1. The van der Waals surface area contributed by atoms with Gasteiger partial charge >= 0.3 is 0 Å². The maximum atomic E-state index is 13.0. The van der Waals surface area contributed by atoms with Crippen molar-refractivity contribution in [3.8, 4) is 11.3 Å². The summed E-state index contributed by atoms with van der Waals surface area (Å²) in [5.74, 6) is -1.57. The zero-order chi connectivity index (χ0) is 48.0. The van der Waals surface area contributed by atoms with Crippen LogP contribution < -0.4 is 26.6 Å². The van der Waals surface area contributed by atoms with Gasteiger partial charge in [-0.2, -0.15) is 4.99 Å². The molecule has 3 aromatic carbocycles. The fraction of sp³-hybridized carbons (Fsp3) is 0.383. The number of aromatic nitrogens is 1. The van der Waals surface area contributed by atoms with E-state index in [1.54, 1.807) is 54.6 Å². The van der Waals surface area contributed by atoms with Gasteiger partial charge in [-0.25, -0.2) is 13.4 Å². The molecular formula is C47H55N9O11S. The molecule has 21 heteroatoms. The molecule has 360 valence electrons. The van der Waals surface area contributed by atoms with E-state index in [9.17, 15) is 32.4 Å². The van der Waals surface area contributed by atoms with E-state index in [1.807, 2.05) is 35.2 Å². The summed E-state index contributed by atoms with van der Waals surface area (Å²) in [4.78, 5) is 76.7. The number of aliphatic imine (C=N–C) groups is 1. The van der Waals surface area contributed by atoms with Crippen molar-refractivity contribution >= 4 is 68.2 Å². The maximum Gasteiger partial charge on any atom is 0.262 e. The molecule has 68 heavy (non-hydrogen) atoms. The summed E-state index contributed by atoms with van der Waals surface area (Å²) in [7, 11) is -3.30. The number of rotatable bonds is 22. The van der Waals surface area contributed by atoms with Crippen LogP contribution in [0.25, 0.3) is 11.3 Å². The fourth-order valence-corrected chi connectivity index (χ4v) is 8.35. The molecule has 1 atom stereocenters. The molecule has 7 rings (SSSR count). The SMILES string of the molecule is CS(=O)(=O)c1ccc(-c2cccc(N=C(N)Nc3ccc(N4CCN(C(=O)CCOCCOCCOCCOCCNc5ccc6c(c5)C(=O)N(C5CCC(=O)NC5=O)C6=O)CC4)cc3)n2)cc1. The van der Waals surface area contributed by atoms with Crippen molar-refractivity contribution in [2.24, 2.45) is 10.7 Å². The molecule has 3 aliphatic heterocycles. The van der Waals surface area contributed by atoms with Gasteiger partial charge in [-0.3, -0.25) is 34.2 Å². The number of nitrogens with one attached hydrogen (secondary N) is 3. The van der Waals surface area contributed by atoms with Crippen molar-refractivity contribution in [3.05, 3.63) is 96.1 Å². The monoisotopic (exact) mass is 953 g/mol. The Morgan fingerprint density at radius 3 is 2.07 bits per heavy atom. The number of pyridine rings is 1. The number of guanidine groups is 1. The van der Waals surface area contributed by atoms with Crippen molar-refractivity contribution in [2.45, 2.75) is 30.2 Å². The standard InChI is InChI=1S/C47H55N9O11S/c1-68(62,63)36-12-5-32(6-13-36)39-3-2-4-41(51-39)52-47(48)50-33-7-10-35(11-8-33)54-19-21-55(22-20-54)43(58)17-23-64-25-27-66-29-30-67-28-26-65-24-18-49-34-9-14-37-38(31-34)46(61)56(45(37)60)40-15-16-42(57)53-44(40)59/h2-14,31,40,49H,15-30H2,1H3,(H,53,57,59)(H3,48,50,51,52). The third kappa shape index (κ3) is 13.2. The van der Waals surface area contributed by atoms with Crippen LogP contribution in [0.5, 0.6) is 0 Å². The second kappa shape index (κ2) is 23.3. The lowest BCUT2D eigenvalue weighted by atomic mass is 10.0. The zero-order valence-electron chi connectivity index (χ0n) is 37.7. The summed E-state index contributed by atoms with van der Waals surface area (Å²) in [6.45, 7) is 6.01. The number of sulfone groups is 1. The normalized spacial score (nSPS) is 16.5. The van der Waals surface area contributed by atoms with E-state index in [-0.39, 0.29) is 40.7 Å². The van der Waals surface area contributed by atoms with Gasteiger partial charge in [0, 0.05) is 68.0 Å². The number of nitrogens with zero attached hydrogens (tertiary/aromatic N) is 5. The number of piperazine rings is 1. The first-order chi connectivity index (χ1) is 32.8. The maximum absolute atomic E-state index is 13.0. The summed E-state index contributed by atoms with van der Waals surface area (Å²) >= 11 is 0. The molecular weight excluding hydrogens is 899 g/mol. The molecule has 5 N–H and O–H groups in total. The Labute approximate surface area is 394 Å². The van der Waals surface area contributed by atoms with Crippen LogP contribution in [0.2, 0.25) is 0 Å². The number of carbonyl (C=O) groups excluding carboxylic acids is 5. The Kier molecular flexibility index (Phi) is 16.8. The molecule has 0 radical (unpaired) electrons. The van der Waals surface area contributed by atoms with Crippen LogP contribution in [-0.2, 0) is 43.2 Å². The van der Waals surface area contributed by atoms with Crippen molar-refractivity contribution in [1.82, 2.24) is 20.1 Å². The summed E-state index contributed by atoms with van der Waals surface area (Å²) < 4.78 is 46.0. The highest BCUT2D eigenvalue weighted by atomic mass is 32.2. The van der Waals surface area contributed by atoms with Gasteiger partial charge in [0.1, 0.15) is 6.04 Å². The van der Waals surface area contributed by atoms with Crippen LogP contribution in [0.15, 0.2) is 94.8 Å². The quantitative estimate of drug-likeness (QED) is 0.0383. The molecule has 1 aromatic heterocycles. The average Bonchev–Trinajstić information content (AvgIpc) is 3.57. The van der Waals surface area contributed by atoms with E-state index in [1.165, 1.54) is 6.26 Å². The smallest absolute Gasteiger partial charge is 0.262 e. The van der Waals surface area contributed by atoms with Gasteiger partial charge < -0.3 is 45.1 Å². The van der Waals surface area contributed by atoms with E-state index >= 15 is 0 Å². The molecule has 0 spiro atoms. The number of ether oxygens (including phenoxy) is 4. The topological polar surface area (TPSA) is 253 Å². The lowest BCUT2D eigenvalue weighted by Crippen LogP contribution is -2.54. The molecule has 3 aliphatic rings. The number of piperidine rings is 1. The number of nitrogens with two attached hydrogens (primary N) is 1. The lowest BCUT2D eigenvalue weighted by molar-refractivity contribution is -0.136. The predicted molar refractivity (Wildman–Crippen MR) is 252 cm³/mol. The van der Waals surface area contributed by atoms with Gasteiger partial charge in [-0.05, 0) is 73.2 Å². The van der Waals surface area contributed by atoms with E-state index in [2.05, 4.69) is 30.8 Å². The van der Waals surface area contributed by atoms with Gasteiger partial charge in [0.25, 0.3) is 11.8 Å². The highest BCUT2D eigenvalue weighted by Gasteiger charge is 2.44. The third-order valence-electron chi connectivity index (χ3n) is 11.3. The molecule has 0 aliphatic carbocycles. The fourth-order valence-electron chi connectivity index (χ4n) is 7.72. The number of amides is 5. The second-order valence-electron chi connectivity index (χ2n) is 16.0. The Morgan fingerprint density at radius 1 is 0.779 bits per heavy atom. The molecule has 1 unspecified atom stereocenters. The highest BCUT2D eigenvalue weighted by Crippen LogP contribution is 2.30. The van der Waals surface area contributed by atoms with Gasteiger partial charge in [0.2, 0.25) is 17.7 Å². The number of hydrogen-bond acceptors (Lipinski definition) is 15. The first-order valence-corrected chi connectivity index (χ1v) is 24.2. The number of anilines is 3. The third-order valence-corrected chi connectivity index (χ3v) is 12.4. The highest BCUT2D eigenvalue weighted by molar-refractivity contribution is 7.90. The van der Waals surface area contributed by atoms with Crippen LogP contribution in [0.3, 0.4) is 0 Å². The van der Waals surface area contributed by atoms with Crippen molar-refractivity contribution in [1.29, 1.82) is 0 Å². The van der Waals surface area contributed by atoms with Crippen LogP contribution in [0, 0.1) is 0 Å². The average molecular weight is 954 g/mol. The molecule has 4 aromatic rings. The van der Waals surface area contributed by atoms with Crippen molar-refractivity contribution in [3.63, 3.8) is 0 Å². The molecule has 5 amide bonds. The van der Waals surface area contributed by atoms with Crippen molar-refractivity contribution in [2.75, 3.05) is 107 Å². The van der Waals surface area contributed by atoms with Crippen LogP contribution in [-0.4, -0.2) is 157 Å². The molecule has 0 saturated carbocycles. The van der Waals surface area contributed by atoms with Crippen molar-refractivity contribution < 1.29 is 51.3 Å². The number of benzene rings is 3. The van der Waals surface area contributed by atoms with Gasteiger partial charge in [-0.15, -0.1) is 0 Å². The Morgan fingerprint density at radius 2 is 1.41 bits per heavy atom. The molecule has 4 heterocycles. The first-order valence-electron chi connectivity index (χ1n) is 22.3. The predicted octanol–water partition coefficient (Wildman–Crippen LogP) is 2.83. The van der Waals surface area contributed by atoms with Gasteiger partial charge in [-0.1, -0.05) is 18.2 Å². The van der Waals surface area contributed by atoms with Gasteiger partial charge in [0.15, 0.2) is 21.6 Å². The summed E-state index contributed by atoms with van der Waals surface area (Å²) in [6.07, 6.45) is 1.62. The number of carbonyl (C=O) groups is 5. The van der Waals surface area contributed by atoms with E-state index in [0.717, 1.165) is 21.8 Å². The van der Waals surface area contributed by atoms with Gasteiger partial charge in [0.05, 0.1) is 81.0 Å². The summed E-state index contributed by atoms with van der Waals surface area (Å²) in [5.41, 5.74) is 10.4. The Bertz CT molecular complexity index is 2590. The molecule has 20 nitrogen and oxygen atoms in total. The number of imide groups is 2. The number of hydrogen-bond donors (Lipinski definition) is 4. The summed E-state index contributed by atoms with van der Waals surface area (Å²) in [5, 5.41) is 8.44. The molecule has 0 bridgehead atoms. The molecule has 2 saturated heterocycles. The minimum Gasteiger partial charge on any atom is -0.383 e. The van der Waals surface area contributed by atoms with E-state index in [0.29, 0.717) is 109 Å². The minimum atomic E-state index is -3.30. The zero-order valence-corrected chi connectivity index (χ0v) is 38.5. The summed E-state index contributed by atoms with van der Waals surface area (Å²) in [6, 6.07) is 23.5. The Hall–Kier alpha value is -6.78. The van der Waals surface area contributed by atoms with Crippen LogP contribution in [0.1, 0.15) is 40.0 Å². The largest absolute Gasteiger partial charge is 0.383 e. The second-order valence-corrected chi connectivity index (χ2v) is 18.1. The number of fused-ring (bicyclic) bond motifs is 1. The molecule has 2 fully saturated rings.